The van der Waals surface area contributed by atoms with Gasteiger partial charge in [0.1, 0.15) is 0 Å². The highest BCUT2D eigenvalue weighted by Gasteiger charge is 2.03. The molecule has 0 aliphatic heterocycles. The van der Waals surface area contributed by atoms with Crippen LogP contribution in [0.15, 0.2) is 91.0 Å². The van der Waals surface area contributed by atoms with Crippen molar-refractivity contribution in [3.05, 3.63) is 102 Å². The first-order valence-corrected chi connectivity index (χ1v) is 9.58. The summed E-state index contributed by atoms with van der Waals surface area (Å²) < 4.78 is 0. The monoisotopic (exact) mass is 368 g/mol. The van der Waals surface area contributed by atoms with Crippen LogP contribution in [0.2, 0.25) is 0 Å². The Morgan fingerprint density at radius 1 is 0.630 bits per heavy atom. The van der Waals surface area contributed by atoms with Crippen LogP contribution < -0.4 is 4.90 Å². The smallest absolute Gasteiger partial charge is 0.0426 e. The number of aryl methyl sites for hydroxylation is 1. The van der Waals surface area contributed by atoms with Crippen molar-refractivity contribution in [3.8, 4) is 0 Å². The normalized spacial score (nSPS) is 8.22. The van der Waals surface area contributed by atoms with Gasteiger partial charge in [-0.1, -0.05) is 120 Å². The molecule has 0 saturated carbocycles. The van der Waals surface area contributed by atoms with E-state index in [0.717, 1.165) is 6.54 Å². The van der Waals surface area contributed by atoms with Crippen molar-refractivity contribution in [2.75, 3.05) is 11.9 Å². The first kappa shape index (κ1) is 26.7. The van der Waals surface area contributed by atoms with E-state index >= 15 is 0 Å². The van der Waals surface area contributed by atoms with E-state index in [9.17, 15) is 0 Å². The Balaban J connectivity index is -0.000000442. The largest absolute Gasteiger partial charge is 0.370 e. The summed E-state index contributed by atoms with van der Waals surface area (Å²) >= 11 is 0. The number of hydrogen-bond donors (Lipinski definition) is 0. The van der Waals surface area contributed by atoms with Gasteiger partial charge in [-0.15, -0.1) is 0 Å². The number of anilines is 1. The van der Waals surface area contributed by atoms with Crippen LogP contribution in [0.1, 0.15) is 47.7 Å². The van der Waals surface area contributed by atoms with E-state index in [2.05, 4.69) is 73.5 Å². The second-order valence-corrected chi connectivity index (χ2v) is 5.28. The molecule has 150 valence electrons. The van der Waals surface area contributed by atoms with E-state index in [0.29, 0.717) is 0 Å². The van der Waals surface area contributed by atoms with Gasteiger partial charge < -0.3 is 4.90 Å². The van der Waals surface area contributed by atoms with E-state index in [1.165, 1.54) is 16.8 Å². The standard InChI is InChI=1S/C15H17N.C6H6.2C2H6.CH4.H2/c1-13-8-6-7-11-15(13)16(2)12-14-9-4-3-5-10-14;1-2-4-6-5-3-1;2*1-2;;/h3-11H,12H2,1-2H3;1-6H;2*1-2H3;1H4;1H/i;;;;;1+1. The van der Waals surface area contributed by atoms with Gasteiger partial charge in [0.2, 0.25) is 0 Å². The fourth-order valence-electron chi connectivity index (χ4n) is 2.32. The van der Waals surface area contributed by atoms with Crippen LogP contribution in [0.3, 0.4) is 0 Å². The highest BCUT2D eigenvalue weighted by molar-refractivity contribution is 5.52. The molecular formula is C26H41N. The highest BCUT2D eigenvalue weighted by Crippen LogP contribution is 2.19. The van der Waals surface area contributed by atoms with Gasteiger partial charge in [0.05, 0.1) is 0 Å². The van der Waals surface area contributed by atoms with Crippen molar-refractivity contribution in [1.29, 1.82) is 0 Å². The average molecular weight is 369 g/mol. The van der Waals surface area contributed by atoms with Crippen molar-refractivity contribution < 1.29 is 1.43 Å². The third kappa shape index (κ3) is 11.6. The molecule has 0 spiro atoms. The second kappa shape index (κ2) is 18.3. The minimum absolute atomic E-state index is 0. The lowest BCUT2D eigenvalue weighted by atomic mass is 10.1. The number of rotatable bonds is 3. The minimum Gasteiger partial charge on any atom is -0.370 e. The van der Waals surface area contributed by atoms with Crippen LogP contribution in [0.5, 0.6) is 0 Å². The Morgan fingerprint density at radius 3 is 1.44 bits per heavy atom. The van der Waals surface area contributed by atoms with Gasteiger partial charge in [0.25, 0.3) is 0 Å². The van der Waals surface area contributed by atoms with Gasteiger partial charge in [-0.25, -0.2) is 0 Å². The van der Waals surface area contributed by atoms with E-state index in [4.69, 9.17) is 0 Å². The highest BCUT2D eigenvalue weighted by atomic mass is 15.1. The van der Waals surface area contributed by atoms with Crippen molar-refractivity contribution in [3.63, 3.8) is 0 Å². The quantitative estimate of drug-likeness (QED) is 0.450. The van der Waals surface area contributed by atoms with E-state index < -0.39 is 0 Å². The van der Waals surface area contributed by atoms with Crippen molar-refractivity contribution >= 4 is 5.69 Å². The summed E-state index contributed by atoms with van der Waals surface area (Å²) in [7, 11) is 2.13. The molecule has 3 rings (SSSR count). The van der Waals surface area contributed by atoms with Crippen LogP contribution in [-0.4, -0.2) is 7.05 Å². The molecule has 0 aromatic heterocycles. The van der Waals surface area contributed by atoms with Crippen LogP contribution >= 0.6 is 0 Å². The Bertz CT molecular complexity index is 627. The fraction of sp³-hybridized carbons (Fsp3) is 0.308. The third-order valence-corrected chi connectivity index (χ3v) is 3.46. The maximum atomic E-state index is 2.28. The number of nitrogens with zero attached hydrogens (tertiary/aromatic N) is 1. The van der Waals surface area contributed by atoms with Gasteiger partial charge in [-0.05, 0) is 24.1 Å². The van der Waals surface area contributed by atoms with Crippen LogP contribution in [0, 0.1) is 6.92 Å². The Morgan fingerprint density at radius 2 is 1.00 bits per heavy atom. The summed E-state index contributed by atoms with van der Waals surface area (Å²) in [5, 5.41) is 0. The molecule has 0 heterocycles. The molecule has 1 heteroatoms. The first-order chi connectivity index (χ1) is 12.8. The number of hydrogen-bond acceptors (Lipinski definition) is 1. The molecule has 27 heavy (non-hydrogen) atoms. The van der Waals surface area contributed by atoms with E-state index in [1.807, 2.05) is 64.1 Å². The minimum atomic E-state index is 0. The zero-order valence-electron chi connectivity index (χ0n) is 17.3. The maximum absolute atomic E-state index is 2.28. The molecule has 0 bridgehead atoms. The van der Waals surface area contributed by atoms with E-state index in [1.54, 1.807) is 0 Å². The Labute approximate surface area is 170 Å². The maximum Gasteiger partial charge on any atom is 0.0426 e. The molecule has 0 atom stereocenters. The molecule has 1 nitrogen and oxygen atoms in total. The molecule has 0 radical (unpaired) electrons. The molecule has 3 aromatic carbocycles. The van der Waals surface area contributed by atoms with Gasteiger partial charge >= 0.3 is 0 Å². The molecule has 0 amide bonds. The lowest BCUT2D eigenvalue weighted by Gasteiger charge is -2.21. The van der Waals surface area contributed by atoms with Crippen LogP contribution in [-0.2, 0) is 6.54 Å². The third-order valence-electron chi connectivity index (χ3n) is 3.46. The fourth-order valence-corrected chi connectivity index (χ4v) is 2.32. The molecule has 0 aliphatic carbocycles. The molecule has 0 N–H and O–H groups in total. The van der Waals surface area contributed by atoms with Crippen molar-refractivity contribution in [2.24, 2.45) is 0 Å². The summed E-state index contributed by atoms with van der Waals surface area (Å²) in [6.07, 6.45) is 0. The molecule has 3 aromatic rings. The first-order valence-electron chi connectivity index (χ1n) is 9.58. The summed E-state index contributed by atoms with van der Waals surface area (Å²) in [4.78, 5) is 2.28. The summed E-state index contributed by atoms with van der Waals surface area (Å²) in [6, 6.07) is 31.0. The van der Waals surface area contributed by atoms with Gasteiger partial charge in [0, 0.05) is 20.7 Å². The summed E-state index contributed by atoms with van der Waals surface area (Å²) in [5.41, 5.74) is 3.96. The van der Waals surface area contributed by atoms with Crippen LogP contribution in [0.25, 0.3) is 0 Å². The number of para-hydroxylation sites is 1. The number of benzene rings is 3. The lowest BCUT2D eigenvalue weighted by Crippen LogP contribution is -2.17. The second-order valence-electron chi connectivity index (χ2n) is 5.28. The van der Waals surface area contributed by atoms with Gasteiger partial charge in [-0.2, -0.15) is 0 Å². The zero-order valence-corrected chi connectivity index (χ0v) is 17.3. The van der Waals surface area contributed by atoms with E-state index in [-0.39, 0.29) is 8.85 Å². The van der Waals surface area contributed by atoms with Crippen molar-refractivity contribution in [2.45, 2.75) is 48.6 Å². The van der Waals surface area contributed by atoms with Gasteiger partial charge in [0.15, 0.2) is 0 Å². The van der Waals surface area contributed by atoms with Crippen molar-refractivity contribution in [1.82, 2.24) is 0 Å². The Kier molecular flexibility index (Phi) is 18.0. The predicted molar refractivity (Wildman–Crippen MR) is 128 cm³/mol. The zero-order chi connectivity index (χ0) is 19.6. The van der Waals surface area contributed by atoms with Gasteiger partial charge in [-0.3, -0.25) is 0 Å². The summed E-state index contributed by atoms with van der Waals surface area (Å²) in [6.45, 7) is 11.1. The SMILES string of the molecule is C.CC.CC.Cc1ccccc1N(C)Cc1ccccc1.[2HH].c1ccccc1. The van der Waals surface area contributed by atoms with Crippen LogP contribution in [0.4, 0.5) is 5.69 Å². The molecule has 0 unspecified atom stereocenters. The summed E-state index contributed by atoms with van der Waals surface area (Å²) in [5.74, 6) is 0. The topological polar surface area (TPSA) is 3.24 Å². The molecule has 0 fully saturated rings. The molecule has 0 aliphatic rings. The lowest BCUT2D eigenvalue weighted by molar-refractivity contribution is 0.917. The Hall–Kier alpha value is -2.54. The average Bonchev–Trinajstić information content (AvgIpc) is 2.74. The predicted octanol–water partition coefficient (Wildman–Crippen LogP) is 8.25. The molecule has 0 saturated heterocycles. The molecular weight excluding hydrogens is 326 g/mol.